The highest BCUT2D eigenvalue weighted by molar-refractivity contribution is 6.01. The molecule has 0 aliphatic heterocycles. The molecule has 2 heterocycles. The summed E-state index contributed by atoms with van der Waals surface area (Å²) in [6.45, 7) is 8.57. The molecule has 1 aromatic carbocycles. The molecule has 0 radical (unpaired) electrons. The van der Waals surface area contributed by atoms with Crippen LogP contribution in [-0.2, 0) is 5.41 Å². The number of rotatable bonds is 4. The van der Waals surface area contributed by atoms with Crippen LogP contribution in [0.15, 0.2) is 48.8 Å². The molecule has 134 valence electrons. The van der Waals surface area contributed by atoms with E-state index in [1.165, 1.54) is 0 Å². The first kappa shape index (κ1) is 17.9. The summed E-state index contributed by atoms with van der Waals surface area (Å²) >= 11 is 0. The number of nitrogens with one attached hydrogen (secondary N) is 2. The number of fused-ring (bicyclic) bond motifs is 1. The minimum absolute atomic E-state index is 0.232. The van der Waals surface area contributed by atoms with Crippen LogP contribution in [0.5, 0.6) is 0 Å². The number of pyridine rings is 2. The van der Waals surface area contributed by atoms with Crippen LogP contribution in [0.4, 0.5) is 10.5 Å². The van der Waals surface area contributed by atoms with Crippen molar-refractivity contribution in [3.63, 3.8) is 0 Å². The Balaban J connectivity index is 1.72. The van der Waals surface area contributed by atoms with Gasteiger partial charge in [-0.3, -0.25) is 9.97 Å². The lowest BCUT2D eigenvalue weighted by Gasteiger charge is -2.24. The van der Waals surface area contributed by atoms with E-state index in [9.17, 15) is 4.79 Å². The normalized spacial score (nSPS) is 11.4. The van der Waals surface area contributed by atoms with Gasteiger partial charge >= 0.3 is 6.03 Å². The fourth-order valence-corrected chi connectivity index (χ4v) is 2.82. The molecule has 0 aliphatic rings. The van der Waals surface area contributed by atoms with Gasteiger partial charge in [0.1, 0.15) is 0 Å². The number of nitrogens with zero attached hydrogens (tertiary/aromatic N) is 2. The molecule has 0 spiro atoms. The van der Waals surface area contributed by atoms with E-state index in [1.807, 2.05) is 56.4 Å². The van der Waals surface area contributed by atoms with Gasteiger partial charge in [0.2, 0.25) is 0 Å². The van der Waals surface area contributed by atoms with Crippen LogP contribution in [-0.4, -0.2) is 22.5 Å². The highest BCUT2D eigenvalue weighted by atomic mass is 16.2. The molecular weight excluding hydrogens is 324 g/mol. The van der Waals surface area contributed by atoms with E-state index < -0.39 is 0 Å². The largest absolute Gasteiger partial charge is 0.337 e. The number of benzene rings is 1. The Morgan fingerprint density at radius 3 is 2.54 bits per heavy atom. The van der Waals surface area contributed by atoms with Crippen LogP contribution >= 0.6 is 0 Å². The summed E-state index contributed by atoms with van der Waals surface area (Å²) in [5, 5.41) is 6.87. The van der Waals surface area contributed by atoms with Crippen LogP contribution < -0.4 is 10.6 Å². The zero-order valence-corrected chi connectivity index (χ0v) is 15.6. The van der Waals surface area contributed by atoms with Crippen molar-refractivity contribution in [3.05, 3.63) is 65.6 Å². The van der Waals surface area contributed by atoms with Gasteiger partial charge in [0, 0.05) is 35.4 Å². The molecule has 0 bridgehead atoms. The van der Waals surface area contributed by atoms with Gasteiger partial charge in [0.25, 0.3) is 0 Å². The van der Waals surface area contributed by atoms with Crippen molar-refractivity contribution in [2.75, 3.05) is 11.9 Å². The molecule has 3 aromatic rings. The minimum atomic E-state index is -0.263. The number of carbonyl (C=O) groups is 1. The maximum atomic E-state index is 12.5. The van der Waals surface area contributed by atoms with E-state index in [2.05, 4.69) is 34.4 Å². The summed E-state index contributed by atoms with van der Waals surface area (Å²) in [6.07, 6.45) is 3.63. The molecule has 2 aromatic heterocycles. The zero-order valence-electron chi connectivity index (χ0n) is 15.6. The first-order valence-corrected chi connectivity index (χ1v) is 8.69. The second-order valence-corrected chi connectivity index (χ2v) is 7.25. The second-order valence-electron chi connectivity index (χ2n) is 7.25. The average Bonchev–Trinajstić information content (AvgIpc) is 2.63. The van der Waals surface area contributed by atoms with E-state index in [0.29, 0.717) is 6.54 Å². The monoisotopic (exact) mass is 348 g/mol. The predicted molar refractivity (Wildman–Crippen MR) is 106 cm³/mol. The Hall–Kier alpha value is -2.95. The lowest BCUT2D eigenvalue weighted by Crippen LogP contribution is -2.39. The van der Waals surface area contributed by atoms with Crippen LogP contribution in [0.2, 0.25) is 0 Å². The zero-order chi connectivity index (χ0) is 18.7. The van der Waals surface area contributed by atoms with Crippen molar-refractivity contribution in [1.82, 2.24) is 15.3 Å². The lowest BCUT2D eigenvalue weighted by molar-refractivity contribution is 0.249. The van der Waals surface area contributed by atoms with Crippen LogP contribution in [0.3, 0.4) is 0 Å². The lowest BCUT2D eigenvalue weighted by atomic mass is 9.88. The summed E-state index contributed by atoms with van der Waals surface area (Å²) in [7, 11) is 0. The second kappa shape index (κ2) is 7.12. The summed E-state index contributed by atoms with van der Waals surface area (Å²) in [6, 6.07) is 11.6. The molecular formula is C21H24N4O. The molecule has 0 fully saturated rings. The fraction of sp³-hybridized carbons (Fsp3) is 0.286. The number of aromatic nitrogens is 2. The molecule has 2 N–H and O–H groups in total. The SMILES string of the molecule is Cc1ccc(C(C)(C)CNC(=O)Nc2c(C)cnc3ccccc23)nc1. The van der Waals surface area contributed by atoms with Crippen molar-refractivity contribution in [1.29, 1.82) is 0 Å². The molecule has 0 saturated heterocycles. The molecule has 0 aliphatic carbocycles. The van der Waals surface area contributed by atoms with Crippen molar-refractivity contribution < 1.29 is 4.79 Å². The number of para-hydroxylation sites is 1. The third kappa shape index (κ3) is 3.82. The van der Waals surface area contributed by atoms with Crippen LogP contribution in [0.25, 0.3) is 10.9 Å². The Morgan fingerprint density at radius 1 is 1.04 bits per heavy atom. The number of hydrogen-bond acceptors (Lipinski definition) is 3. The number of carbonyl (C=O) groups excluding carboxylic acids is 1. The molecule has 2 amide bonds. The number of amides is 2. The Kier molecular flexibility index (Phi) is 4.89. The van der Waals surface area contributed by atoms with E-state index in [0.717, 1.165) is 33.4 Å². The number of anilines is 1. The Bertz CT molecular complexity index is 932. The Labute approximate surface area is 153 Å². The maximum absolute atomic E-state index is 12.5. The van der Waals surface area contributed by atoms with Gasteiger partial charge in [-0.2, -0.15) is 0 Å². The predicted octanol–water partition coefficient (Wildman–Crippen LogP) is 4.35. The summed E-state index contributed by atoms with van der Waals surface area (Å²) in [5.41, 5.74) is 4.39. The maximum Gasteiger partial charge on any atom is 0.319 e. The quantitative estimate of drug-likeness (QED) is 0.737. The van der Waals surface area contributed by atoms with E-state index in [1.54, 1.807) is 6.20 Å². The summed E-state index contributed by atoms with van der Waals surface area (Å²) in [5.74, 6) is 0. The van der Waals surface area contributed by atoms with Gasteiger partial charge in [-0.25, -0.2) is 4.79 Å². The molecule has 5 heteroatoms. The van der Waals surface area contributed by atoms with Gasteiger partial charge in [0.05, 0.1) is 11.2 Å². The summed E-state index contributed by atoms with van der Waals surface area (Å²) in [4.78, 5) is 21.4. The highest BCUT2D eigenvalue weighted by Gasteiger charge is 2.23. The highest BCUT2D eigenvalue weighted by Crippen LogP contribution is 2.25. The number of hydrogen-bond donors (Lipinski definition) is 2. The minimum Gasteiger partial charge on any atom is -0.337 e. The number of aryl methyl sites for hydroxylation is 2. The summed E-state index contributed by atoms with van der Waals surface area (Å²) < 4.78 is 0. The van der Waals surface area contributed by atoms with Crippen LogP contribution in [0, 0.1) is 13.8 Å². The third-order valence-corrected chi connectivity index (χ3v) is 4.50. The average molecular weight is 348 g/mol. The standard InChI is InChI=1S/C21H24N4O/c1-14-9-10-18(23-11-14)21(3,4)13-24-20(26)25-19-15(2)12-22-17-8-6-5-7-16(17)19/h5-12H,13H2,1-4H3,(H2,22,24,25,26). The first-order valence-electron chi connectivity index (χ1n) is 8.69. The molecule has 0 atom stereocenters. The molecule has 0 saturated carbocycles. The van der Waals surface area contributed by atoms with E-state index in [4.69, 9.17) is 0 Å². The topological polar surface area (TPSA) is 66.9 Å². The van der Waals surface area contributed by atoms with Crippen molar-refractivity contribution >= 4 is 22.6 Å². The first-order chi connectivity index (χ1) is 12.4. The molecule has 5 nitrogen and oxygen atoms in total. The van der Waals surface area contributed by atoms with Gasteiger partial charge in [0.15, 0.2) is 0 Å². The van der Waals surface area contributed by atoms with Crippen molar-refractivity contribution in [2.45, 2.75) is 33.1 Å². The smallest absolute Gasteiger partial charge is 0.319 e. The molecule has 26 heavy (non-hydrogen) atoms. The van der Waals surface area contributed by atoms with Crippen molar-refractivity contribution in [2.24, 2.45) is 0 Å². The van der Waals surface area contributed by atoms with Gasteiger partial charge in [-0.05, 0) is 37.1 Å². The van der Waals surface area contributed by atoms with Crippen molar-refractivity contribution in [3.8, 4) is 0 Å². The fourth-order valence-electron chi connectivity index (χ4n) is 2.82. The van der Waals surface area contributed by atoms with E-state index in [-0.39, 0.29) is 11.4 Å². The molecule has 3 rings (SSSR count). The van der Waals surface area contributed by atoms with Gasteiger partial charge in [-0.15, -0.1) is 0 Å². The van der Waals surface area contributed by atoms with Gasteiger partial charge < -0.3 is 10.6 Å². The molecule has 0 unspecified atom stereocenters. The van der Waals surface area contributed by atoms with Gasteiger partial charge in [-0.1, -0.05) is 38.1 Å². The number of urea groups is 1. The van der Waals surface area contributed by atoms with Crippen LogP contribution in [0.1, 0.15) is 30.7 Å². The third-order valence-electron chi connectivity index (χ3n) is 4.50. The van der Waals surface area contributed by atoms with E-state index >= 15 is 0 Å². The Morgan fingerprint density at radius 2 is 1.81 bits per heavy atom.